The van der Waals surface area contributed by atoms with Gasteiger partial charge in [-0.05, 0) is 25.0 Å². The van der Waals surface area contributed by atoms with Crippen molar-refractivity contribution in [1.82, 2.24) is 0 Å². The molecule has 7 heteroatoms. The summed E-state index contributed by atoms with van der Waals surface area (Å²) in [6.45, 7) is 1.35. The maximum Gasteiger partial charge on any atom is 0.342 e. The van der Waals surface area contributed by atoms with Crippen molar-refractivity contribution in [1.29, 1.82) is 0 Å². The van der Waals surface area contributed by atoms with Gasteiger partial charge in [-0.3, -0.25) is 10.1 Å². The quantitative estimate of drug-likeness (QED) is 0.669. The summed E-state index contributed by atoms with van der Waals surface area (Å²) in [5.41, 5.74) is -0.00654. The Morgan fingerprint density at radius 3 is 2.65 bits per heavy atom. The summed E-state index contributed by atoms with van der Waals surface area (Å²) in [6.07, 6.45) is 1.71. The third-order valence-corrected chi connectivity index (χ3v) is 3.55. The van der Waals surface area contributed by atoms with Crippen molar-refractivity contribution >= 4 is 17.3 Å². The normalized spacial score (nSPS) is 15.8. The number of hydrogen-bond donors (Lipinski definition) is 1. The number of ether oxygens (including phenoxy) is 1. The SMILES string of the molecule is CN(c1ccc([N+](=O)[O-])c(C(=O)O)c1)C1CCOCC1. The molecule has 2 rings (SSSR count). The molecule has 1 aliphatic heterocycles. The van der Waals surface area contributed by atoms with Gasteiger partial charge >= 0.3 is 5.97 Å². The molecule has 0 bridgehead atoms. The maximum atomic E-state index is 11.1. The molecule has 0 unspecified atom stereocenters. The minimum Gasteiger partial charge on any atom is -0.477 e. The molecule has 0 saturated carbocycles. The molecule has 1 aromatic rings. The van der Waals surface area contributed by atoms with Gasteiger partial charge < -0.3 is 14.7 Å². The Labute approximate surface area is 115 Å². The summed E-state index contributed by atoms with van der Waals surface area (Å²) in [4.78, 5) is 23.2. The summed E-state index contributed by atoms with van der Waals surface area (Å²) in [5, 5.41) is 19.9. The number of nitrogens with zero attached hydrogens (tertiary/aromatic N) is 2. The van der Waals surface area contributed by atoms with Crippen molar-refractivity contribution in [3.05, 3.63) is 33.9 Å². The van der Waals surface area contributed by atoms with Gasteiger partial charge in [-0.25, -0.2) is 4.79 Å². The molecule has 0 atom stereocenters. The van der Waals surface area contributed by atoms with Crippen molar-refractivity contribution < 1.29 is 19.6 Å². The standard InChI is InChI=1S/C13H16N2O5/c1-14(9-4-6-20-7-5-9)10-2-3-12(15(18)19)11(8-10)13(16)17/h2-3,8-9H,4-7H2,1H3,(H,16,17). The zero-order chi connectivity index (χ0) is 14.7. The van der Waals surface area contributed by atoms with Gasteiger partial charge in [-0.2, -0.15) is 0 Å². The van der Waals surface area contributed by atoms with Crippen LogP contribution >= 0.6 is 0 Å². The van der Waals surface area contributed by atoms with E-state index in [9.17, 15) is 14.9 Å². The first-order valence-electron chi connectivity index (χ1n) is 6.33. The maximum absolute atomic E-state index is 11.1. The van der Waals surface area contributed by atoms with Gasteiger partial charge in [-0.15, -0.1) is 0 Å². The summed E-state index contributed by atoms with van der Waals surface area (Å²) in [5.74, 6) is -1.29. The first-order valence-corrected chi connectivity index (χ1v) is 6.33. The number of anilines is 1. The zero-order valence-corrected chi connectivity index (χ0v) is 11.1. The fourth-order valence-electron chi connectivity index (χ4n) is 2.36. The number of rotatable bonds is 4. The lowest BCUT2D eigenvalue weighted by Gasteiger charge is -2.33. The zero-order valence-electron chi connectivity index (χ0n) is 11.1. The second-order valence-corrected chi connectivity index (χ2v) is 4.72. The fourth-order valence-corrected chi connectivity index (χ4v) is 2.36. The number of hydrogen-bond acceptors (Lipinski definition) is 5. The molecule has 1 fully saturated rings. The van der Waals surface area contributed by atoms with Crippen LogP contribution in [0.5, 0.6) is 0 Å². The predicted molar refractivity (Wildman–Crippen MR) is 72.3 cm³/mol. The van der Waals surface area contributed by atoms with Crippen LogP contribution in [-0.4, -0.2) is 42.3 Å². The van der Waals surface area contributed by atoms with E-state index < -0.39 is 10.9 Å². The van der Waals surface area contributed by atoms with Gasteiger partial charge in [0.2, 0.25) is 0 Å². The molecule has 0 aromatic heterocycles. The van der Waals surface area contributed by atoms with Crippen LogP contribution in [0.2, 0.25) is 0 Å². The van der Waals surface area contributed by atoms with E-state index in [0.717, 1.165) is 12.8 Å². The number of nitro benzene ring substituents is 1. The van der Waals surface area contributed by atoms with E-state index in [1.807, 2.05) is 11.9 Å². The molecule has 1 aliphatic rings. The van der Waals surface area contributed by atoms with Gasteiger partial charge in [0.1, 0.15) is 5.56 Å². The largest absolute Gasteiger partial charge is 0.477 e. The first-order chi connectivity index (χ1) is 9.50. The van der Waals surface area contributed by atoms with Crippen molar-refractivity contribution in [3.63, 3.8) is 0 Å². The number of carboxylic acids is 1. The molecular weight excluding hydrogens is 264 g/mol. The third-order valence-electron chi connectivity index (χ3n) is 3.55. The number of aromatic carboxylic acids is 1. The van der Waals surface area contributed by atoms with E-state index in [1.54, 1.807) is 6.07 Å². The Morgan fingerprint density at radius 1 is 1.45 bits per heavy atom. The topological polar surface area (TPSA) is 92.9 Å². The Hall–Kier alpha value is -2.15. The van der Waals surface area contributed by atoms with E-state index in [1.165, 1.54) is 12.1 Å². The van der Waals surface area contributed by atoms with Gasteiger partial charge in [0, 0.05) is 38.1 Å². The highest BCUT2D eigenvalue weighted by molar-refractivity contribution is 5.93. The summed E-state index contributed by atoms with van der Waals surface area (Å²) in [7, 11) is 1.86. The van der Waals surface area contributed by atoms with Crippen LogP contribution in [0.25, 0.3) is 0 Å². The van der Waals surface area contributed by atoms with Crippen LogP contribution in [0.4, 0.5) is 11.4 Å². The minimum absolute atomic E-state index is 0.256. The second-order valence-electron chi connectivity index (χ2n) is 4.72. The smallest absolute Gasteiger partial charge is 0.342 e. The molecular formula is C13H16N2O5. The molecule has 1 aromatic carbocycles. The van der Waals surface area contributed by atoms with Crippen molar-refractivity contribution in [2.75, 3.05) is 25.2 Å². The Balaban J connectivity index is 2.30. The molecule has 0 spiro atoms. The average Bonchev–Trinajstić information content (AvgIpc) is 2.46. The van der Waals surface area contributed by atoms with Crippen molar-refractivity contribution in [3.8, 4) is 0 Å². The lowest BCUT2D eigenvalue weighted by atomic mass is 10.1. The van der Waals surface area contributed by atoms with E-state index >= 15 is 0 Å². The summed E-state index contributed by atoms with van der Waals surface area (Å²) < 4.78 is 5.29. The van der Waals surface area contributed by atoms with E-state index in [4.69, 9.17) is 9.84 Å². The van der Waals surface area contributed by atoms with E-state index in [2.05, 4.69) is 0 Å². The third kappa shape index (κ3) is 2.88. The van der Waals surface area contributed by atoms with E-state index in [0.29, 0.717) is 18.9 Å². The average molecular weight is 280 g/mol. The van der Waals surface area contributed by atoms with Gasteiger partial charge in [0.15, 0.2) is 0 Å². The number of carbonyl (C=O) groups is 1. The molecule has 7 nitrogen and oxygen atoms in total. The Bertz CT molecular complexity index is 525. The molecule has 108 valence electrons. The van der Waals surface area contributed by atoms with Crippen LogP contribution in [0.15, 0.2) is 18.2 Å². The fraction of sp³-hybridized carbons (Fsp3) is 0.462. The second kappa shape index (κ2) is 5.87. The van der Waals surface area contributed by atoms with Crippen LogP contribution in [0.3, 0.4) is 0 Å². The van der Waals surface area contributed by atoms with Gasteiger partial charge in [-0.1, -0.05) is 0 Å². The van der Waals surface area contributed by atoms with Crippen LogP contribution in [0, 0.1) is 10.1 Å². The van der Waals surface area contributed by atoms with Gasteiger partial charge in [0.05, 0.1) is 4.92 Å². The number of benzene rings is 1. The lowest BCUT2D eigenvalue weighted by Crippen LogP contribution is -2.36. The Morgan fingerprint density at radius 2 is 2.10 bits per heavy atom. The molecule has 0 amide bonds. The molecule has 1 heterocycles. The van der Waals surface area contributed by atoms with Crippen molar-refractivity contribution in [2.24, 2.45) is 0 Å². The molecule has 1 N–H and O–H groups in total. The predicted octanol–water partition coefficient (Wildman–Crippen LogP) is 1.91. The highest BCUT2D eigenvalue weighted by atomic mass is 16.6. The van der Waals surface area contributed by atoms with Crippen LogP contribution in [0.1, 0.15) is 23.2 Å². The molecule has 0 aliphatic carbocycles. The Kier molecular flexibility index (Phi) is 4.19. The van der Waals surface area contributed by atoms with Crippen LogP contribution < -0.4 is 4.90 Å². The molecule has 1 saturated heterocycles. The molecule has 20 heavy (non-hydrogen) atoms. The summed E-state index contributed by atoms with van der Waals surface area (Å²) >= 11 is 0. The first kappa shape index (κ1) is 14.3. The highest BCUT2D eigenvalue weighted by Crippen LogP contribution is 2.27. The minimum atomic E-state index is -1.29. The highest BCUT2D eigenvalue weighted by Gasteiger charge is 2.24. The monoisotopic (exact) mass is 280 g/mol. The molecule has 0 radical (unpaired) electrons. The van der Waals surface area contributed by atoms with E-state index in [-0.39, 0.29) is 17.3 Å². The van der Waals surface area contributed by atoms with Gasteiger partial charge in [0.25, 0.3) is 5.69 Å². The van der Waals surface area contributed by atoms with Crippen molar-refractivity contribution in [2.45, 2.75) is 18.9 Å². The number of carboxylic acid groups (broad SMARTS) is 1. The number of nitro groups is 1. The lowest BCUT2D eigenvalue weighted by molar-refractivity contribution is -0.385. The van der Waals surface area contributed by atoms with Crippen LogP contribution in [-0.2, 0) is 4.74 Å². The summed E-state index contributed by atoms with van der Waals surface area (Å²) in [6, 6.07) is 4.44.